The lowest BCUT2D eigenvalue weighted by Gasteiger charge is -2.27. The largest absolute Gasteiger partial charge is 0.354 e. The Morgan fingerprint density at radius 1 is 1.43 bits per heavy atom. The Morgan fingerprint density at radius 3 is 2.93 bits per heavy atom. The zero-order valence-corrected chi connectivity index (χ0v) is 8.63. The summed E-state index contributed by atoms with van der Waals surface area (Å²) in [5.74, 6) is 3.10. The van der Waals surface area contributed by atoms with E-state index in [0.29, 0.717) is 5.56 Å². The van der Waals surface area contributed by atoms with Crippen molar-refractivity contribution in [3.63, 3.8) is 0 Å². The van der Waals surface area contributed by atoms with Crippen LogP contribution in [0.25, 0.3) is 0 Å². The number of anilines is 1. The van der Waals surface area contributed by atoms with E-state index in [0.717, 1.165) is 30.4 Å². The molecular formula is C10H11N3S. The fourth-order valence-electron chi connectivity index (χ4n) is 1.51. The van der Waals surface area contributed by atoms with Crippen LogP contribution in [0.2, 0.25) is 0 Å². The fourth-order valence-corrected chi connectivity index (χ4v) is 2.41. The van der Waals surface area contributed by atoms with Crippen molar-refractivity contribution in [3.05, 3.63) is 23.9 Å². The minimum absolute atomic E-state index is 0.680. The molecule has 0 aliphatic carbocycles. The molecule has 1 aliphatic rings. The Hall–Kier alpha value is -1.21. The van der Waals surface area contributed by atoms with E-state index >= 15 is 0 Å². The molecule has 0 N–H and O–H groups in total. The highest BCUT2D eigenvalue weighted by Gasteiger charge is 2.14. The molecule has 1 saturated heterocycles. The molecule has 0 spiro atoms. The van der Waals surface area contributed by atoms with Crippen LogP contribution < -0.4 is 4.90 Å². The van der Waals surface area contributed by atoms with Crippen molar-refractivity contribution in [1.29, 1.82) is 5.26 Å². The van der Waals surface area contributed by atoms with E-state index in [9.17, 15) is 0 Å². The molecule has 0 aromatic carbocycles. The number of nitrogens with zero attached hydrogens (tertiary/aromatic N) is 3. The highest BCUT2D eigenvalue weighted by atomic mass is 32.2. The second kappa shape index (κ2) is 4.34. The normalized spacial score (nSPS) is 16.4. The zero-order chi connectivity index (χ0) is 9.80. The van der Waals surface area contributed by atoms with Gasteiger partial charge in [-0.15, -0.1) is 0 Å². The van der Waals surface area contributed by atoms with Crippen molar-refractivity contribution in [1.82, 2.24) is 4.98 Å². The van der Waals surface area contributed by atoms with Crippen molar-refractivity contribution in [3.8, 4) is 6.07 Å². The lowest BCUT2D eigenvalue weighted by molar-refractivity contribution is 0.837. The van der Waals surface area contributed by atoms with E-state index in [1.165, 1.54) is 0 Å². The molecule has 0 bridgehead atoms. The summed E-state index contributed by atoms with van der Waals surface area (Å²) in [4.78, 5) is 6.46. The van der Waals surface area contributed by atoms with Crippen molar-refractivity contribution in [2.24, 2.45) is 0 Å². The van der Waals surface area contributed by atoms with Gasteiger partial charge in [0.2, 0.25) is 0 Å². The van der Waals surface area contributed by atoms with Crippen LogP contribution in [0.3, 0.4) is 0 Å². The van der Waals surface area contributed by atoms with Gasteiger partial charge < -0.3 is 4.90 Å². The molecule has 0 atom stereocenters. The predicted molar refractivity (Wildman–Crippen MR) is 58.5 cm³/mol. The van der Waals surface area contributed by atoms with Crippen molar-refractivity contribution < 1.29 is 0 Å². The Bertz CT molecular complexity index is 353. The van der Waals surface area contributed by atoms with Gasteiger partial charge in [0.15, 0.2) is 0 Å². The minimum Gasteiger partial charge on any atom is -0.354 e. The summed E-state index contributed by atoms with van der Waals surface area (Å²) in [7, 11) is 0. The van der Waals surface area contributed by atoms with Crippen molar-refractivity contribution >= 4 is 17.6 Å². The summed E-state index contributed by atoms with van der Waals surface area (Å²) in [5, 5.41) is 8.93. The van der Waals surface area contributed by atoms with Crippen LogP contribution >= 0.6 is 11.8 Å². The van der Waals surface area contributed by atoms with Gasteiger partial charge in [0.25, 0.3) is 0 Å². The molecule has 72 valence electrons. The Labute approximate surface area is 87.7 Å². The SMILES string of the molecule is N#Cc1cccnc1N1CCSCC1. The third-order valence-corrected chi connectivity index (χ3v) is 3.16. The number of nitriles is 1. The third kappa shape index (κ3) is 1.83. The van der Waals surface area contributed by atoms with Gasteiger partial charge in [0.05, 0.1) is 5.56 Å². The molecule has 1 fully saturated rings. The standard InChI is InChI=1S/C10H11N3S/c11-8-9-2-1-3-12-10(9)13-4-6-14-7-5-13/h1-3H,4-7H2. The highest BCUT2D eigenvalue weighted by Crippen LogP contribution is 2.20. The van der Waals surface area contributed by atoms with Crippen LogP contribution in [0, 0.1) is 11.3 Å². The lowest BCUT2D eigenvalue weighted by atomic mass is 10.2. The maximum atomic E-state index is 8.93. The molecule has 4 heteroatoms. The summed E-state index contributed by atoms with van der Waals surface area (Å²) < 4.78 is 0. The van der Waals surface area contributed by atoms with Crippen molar-refractivity contribution in [2.75, 3.05) is 29.5 Å². The zero-order valence-electron chi connectivity index (χ0n) is 7.81. The lowest BCUT2D eigenvalue weighted by Crippen LogP contribution is -2.33. The topological polar surface area (TPSA) is 39.9 Å². The monoisotopic (exact) mass is 205 g/mol. The van der Waals surface area contributed by atoms with E-state index in [-0.39, 0.29) is 0 Å². The molecule has 1 aliphatic heterocycles. The summed E-state index contributed by atoms with van der Waals surface area (Å²) >= 11 is 1.95. The van der Waals surface area contributed by atoms with Gasteiger partial charge in [-0.3, -0.25) is 0 Å². The highest BCUT2D eigenvalue weighted by molar-refractivity contribution is 7.99. The quantitative estimate of drug-likeness (QED) is 0.696. The first-order valence-electron chi connectivity index (χ1n) is 4.59. The van der Waals surface area contributed by atoms with Crippen LogP contribution in [0.4, 0.5) is 5.82 Å². The maximum Gasteiger partial charge on any atom is 0.146 e. The second-order valence-corrected chi connectivity index (χ2v) is 4.31. The van der Waals surface area contributed by atoms with Crippen LogP contribution in [0.5, 0.6) is 0 Å². The fraction of sp³-hybridized carbons (Fsp3) is 0.400. The Kier molecular flexibility index (Phi) is 2.90. The number of rotatable bonds is 1. The molecule has 2 rings (SSSR count). The Morgan fingerprint density at radius 2 is 2.21 bits per heavy atom. The van der Waals surface area contributed by atoms with Gasteiger partial charge in [-0.2, -0.15) is 17.0 Å². The average Bonchev–Trinajstić information content (AvgIpc) is 2.30. The summed E-state index contributed by atoms with van der Waals surface area (Å²) in [6, 6.07) is 5.81. The summed E-state index contributed by atoms with van der Waals surface area (Å²) in [6.07, 6.45) is 1.75. The second-order valence-electron chi connectivity index (χ2n) is 3.09. The minimum atomic E-state index is 0.680. The van der Waals surface area contributed by atoms with Gasteiger partial charge in [0, 0.05) is 30.8 Å². The van der Waals surface area contributed by atoms with E-state index in [2.05, 4.69) is 16.0 Å². The molecule has 1 aromatic heterocycles. The smallest absolute Gasteiger partial charge is 0.146 e. The summed E-state index contributed by atoms with van der Waals surface area (Å²) in [5.41, 5.74) is 0.680. The van der Waals surface area contributed by atoms with Crippen LogP contribution in [0.15, 0.2) is 18.3 Å². The Balaban J connectivity index is 2.26. The molecule has 14 heavy (non-hydrogen) atoms. The predicted octanol–water partition coefficient (Wildman–Crippen LogP) is 1.51. The molecule has 0 saturated carbocycles. The number of aromatic nitrogens is 1. The van der Waals surface area contributed by atoms with Gasteiger partial charge in [0.1, 0.15) is 11.9 Å². The van der Waals surface area contributed by atoms with E-state index in [4.69, 9.17) is 5.26 Å². The van der Waals surface area contributed by atoms with Gasteiger partial charge in [-0.25, -0.2) is 4.98 Å². The van der Waals surface area contributed by atoms with Crippen LogP contribution in [0.1, 0.15) is 5.56 Å². The molecular weight excluding hydrogens is 194 g/mol. The van der Waals surface area contributed by atoms with Gasteiger partial charge in [-0.05, 0) is 12.1 Å². The number of hydrogen-bond acceptors (Lipinski definition) is 4. The first-order valence-corrected chi connectivity index (χ1v) is 5.75. The molecule has 3 nitrogen and oxygen atoms in total. The molecule has 2 heterocycles. The number of pyridine rings is 1. The van der Waals surface area contributed by atoms with Gasteiger partial charge >= 0.3 is 0 Å². The first-order chi connectivity index (χ1) is 6.92. The van der Waals surface area contributed by atoms with Crippen LogP contribution in [-0.2, 0) is 0 Å². The number of thioether (sulfide) groups is 1. The summed E-state index contributed by atoms with van der Waals surface area (Å²) in [6.45, 7) is 1.99. The molecule has 1 aromatic rings. The van der Waals surface area contributed by atoms with E-state index in [1.54, 1.807) is 12.3 Å². The van der Waals surface area contributed by atoms with E-state index in [1.807, 2.05) is 17.8 Å². The average molecular weight is 205 g/mol. The maximum absolute atomic E-state index is 8.93. The molecule has 0 amide bonds. The van der Waals surface area contributed by atoms with E-state index < -0.39 is 0 Å². The third-order valence-electron chi connectivity index (χ3n) is 2.22. The first kappa shape index (κ1) is 9.35. The van der Waals surface area contributed by atoms with Crippen molar-refractivity contribution in [2.45, 2.75) is 0 Å². The van der Waals surface area contributed by atoms with Gasteiger partial charge in [-0.1, -0.05) is 0 Å². The van der Waals surface area contributed by atoms with Crippen LogP contribution in [-0.4, -0.2) is 29.6 Å². The molecule has 0 radical (unpaired) electrons. The number of hydrogen-bond donors (Lipinski definition) is 0. The molecule has 0 unspecified atom stereocenters.